The van der Waals surface area contributed by atoms with Gasteiger partial charge in [-0.25, -0.2) is 9.37 Å². The number of nitrogens with zero attached hydrogens (tertiary/aromatic N) is 1. The van der Waals surface area contributed by atoms with Gasteiger partial charge in [0.25, 0.3) is 0 Å². The van der Waals surface area contributed by atoms with Crippen molar-refractivity contribution in [1.82, 2.24) is 4.98 Å². The van der Waals surface area contributed by atoms with E-state index in [1.165, 1.54) is 0 Å². The predicted molar refractivity (Wildman–Crippen MR) is 58.4 cm³/mol. The van der Waals surface area contributed by atoms with E-state index in [0.29, 0.717) is 11.3 Å². The van der Waals surface area contributed by atoms with Crippen LogP contribution in [0.15, 0.2) is 6.20 Å². The summed E-state index contributed by atoms with van der Waals surface area (Å²) in [5.41, 5.74) is 2.47. The van der Waals surface area contributed by atoms with Crippen molar-refractivity contribution in [2.75, 3.05) is 6.54 Å². The second-order valence-corrected chi connectivity index (χ2v) is 5.81. The van der Waals surface area contributed by atoms with Crippen molar-refractivity contribution < 1.29 is 17.6 Å². The smallest absolute Gasteiger partial charge is 0.327 e. The van der Waals surface area contributed by atoms with Crippen LogP contribution in [0, 0.1) is 5.41 Å². The molecule has 7 heteroatoms. The molecule has 0 saturated heterocycles. The summed E-state index contributed by atoms with van der Waals surface area (Å²) in [6.07, 6.45) is -3.62. The normalized spacial score (nSPS) is 16.9. The Bertz CT molecular complexity index is 394. The van der Waals surface area contributed by atoms with Gasteiger partial charge in [0.15, 0.2) is 10.7 Å². The Morgan fingerprint density at radius 3 is 2.06 bits per heavy atom. The minimum atomic E-state index is -4.55. The van der Waals surface area contributed by atoms with Gasteiger partial charge in [0.1, 0.15) is 0 Å². The summed E-state index contributed by atoms with van der Waals surface area (Å²) >= 11 is 0.307. The molecule has 0 bridgehead atoms. The Labute approximate surface area is 101 Å². The lowest BCUT2D eigenvalue weighted by Crippen LogP contribution is -2.41. The quantitative estimate of drug-likeness (QED) is 0.837. The van der Waals surface area contributed by atoms with Crippen LogP contribution in [0.3, 0.4) is 0 Å². The maximum absolute atomic E-state index is 14.6. The van der Waals surface area contributed by atoms with Crippen molar-refractivity contribution in [2.45, 2.75) is 32.6 Å². The molecule has 98 valence electrons. The van der Waals surface area contributed by atoms with Gasteiger partial charge in [-0.1, -0.05) is 20.8 Å². The van der Waals surface area contributed by atoms with E-state index in [1.54, 1.807) is 20.8 Å². The van der Waals surface area contributed by atoms with Crippen molar-refractivity contribution in [3.05, 3.63) is 16.1 Å². The van der Waals surface area contributed by atoms with Crippen molar-refractivity contribution in [2.24, 2.45) is 11.1 Å². The highest BCUT2D eigenvalue weighted by atomic mass is 32.1. The molecule has 0 fully saturated rings. The fraction of sp³-hybridized carbons (Fsp3) is 0.700. The third kappa shape index (κ3) is 2.60. The van der Waals surface area contributed by atoms with E-state index in [2.05, 4.69) is 4.98 Å². The van der Waals surface area contributed by atoms with Gasteiger partial charge in [-0.3, -0.25) is 0 Å². The van der Waals surface area contributed by atoms with Gasteiger partial charge < -0.3 is 5.73 Å². The first-order valence-electron chi connectivity index (χ1n) is 4.95. The van der Waals surface area contributed by atoms with Gasteiger partial charge in [0.05, 0.1) is 4.88 Å². The molecule has 0 aliphatic carbocycles. The highest BCUT2D eigenvalue weighted by Gasteiger charge is 2.46. The molecule has 1 atom stereocenters. The van der Waals surface area contributed by atoms with Crippen LogP contribution in [-0.4, -0.2) is 11.5 Å². The molecule has 17 heavy (non-hydrogen) atoms. The summed E-state index contributed by atoms with van der Waals surface area (Å²) in [5.74, 6) is 0. The monoisotopic (exact) mass is 270 g/mol. The van der Waals surface area contributed by atoms with Crippen LogP contribution in [0.4, 0.5) is 17.6 Å². The molecule has 2 N–H and O–H groups in total. The third-order valence-corrected chi connectivity index (χ3v) is 3.79. The average Bonchev–Trinajstić information content (AvgIpc) is 2.62. The second-order valence-electron chi connectivity index (χ2n) is 4.78. The number of alkyl halides is 4. The second kappa shape index (κ2) is 4.20. The van der Waals surface area contributed by atoms with E-state index in [-0.39, 0.29) is 11.4 Å². The van der Waals surface area contributed by atoms with Crippen LogP contribution < -0.4 is 5.73 Å². The van der Waals surface area contributed by atoms with Crippen LogP contribution in [-0.2, 0) is 11.8 Å². The van der Waals surface area contributed by atoms with E-state index in [4.69, 9.17) is 5.73 Å². The molecular weight excluding hydrogens is 256 g/mol. The first-order chi connectivity index (χ1) is 7.52. The first-order valence-corrected chi connectivity index (χ1v) is 5.76. The van der Waals surface area contributed by atoms with Gasteiger partial charge in [0.2, 0.25) is 0 Å². The van der Waals surface area contributed by atoms with Crippen LogP contribution in [0.25, 0.3) is 0 Å². The Morgan fingerprint density at radius 1 is 1.24 bits per heavy atom. The Kier molecular flexibility index (Phi) is 3.55. The Hall–Kier alpha value is -0.690. The van der Waals surface area contributed by atoms with Gasteiger partial charge in [-0.05, 0) is 0 Å². The molecule has 0 aliphatic rings. The fourth-order valence-corrected chi connectivity index (χ4v) is 2.45. The number of thiazole rings is 1. The predicted octanol–water partition coefficient (Wildman–Crippen LogP) is 3.33. The molecule has 0 aliphatic heterocycles. The largest absolute Gasteiger partial charge is 0.443 e. The van der Waals surface area contributed by atoms with Crippen molar-refractivity contribution in [3.8, 4) is 0 Å². The van der Waals surface area contributed by atoms with Crippen LogP contribution in [0.5, 0.6) is 0 Å². The number of nitrogens with two attached hydrogens (primary N) is 1. The van der Waals surface area contributed by atoms with E-state index in [9.17, 15) is 17.6 Å². The number of hydrogen-bond donors (Lipinski definition) is 1. The van der Waals surface area contributed by atoms with E-state index in [0.717, 1.165) is 6.20 Å². The molecule has 1 unspecified atom stereocenters. The average molecular weight is 270 g/mol. The van der Waals surface area contributed by atoms with Crippen molar-refractivity contribution >= 4 is 11.3 Å². The zero-order valence-corrected chi connectivity index (χ0v) is 10.5. The highest BCUT2D eigenvalue weighted by molar-refractivity contribution is 7.11. The Morgan fingerprint density at radius 2 is 1.76 bits per heavy atom. The summed E-state index contributed by atoms with van der Waals surface area (Å²) in [7, 11) is 0. The molecule has 0 amide bonds. The number of aromatic nitrogens is 1. The lowest BCUT2D eigenvalue weighted by molar-refractivity contribution is -0.137. The zero-order valence-electron chi connectivity index (χ0n) is 9.73. The number of rotatable bonds is 2. The van der Waals surface area contributed by atoms with Gasteiger partial charge in [-0.2, -0.15) is 13.2 Å². The maximum Gasteiger partial charge on any atom is 0.443 e. The summed E-state index contributed by atoms with van der Waals surface area (Å²) in [6, 6.07) is 0. The van der Waals surface area contributed by atoms with Crippen LogP contribution >= 0.6 is 11.3 Å². The van der Waals surface area contributed by atoms with Gasteiger partial charge >= 0.3 is 6.18 Å². The summed E-state index contributed by atoms with van der Waals surface area (Å²) < 4.78 is 51.8. The van der Waals surface area contributed by atoms with Gasteiger partial charge in [-0.15, -0.1) is 11.3 Å². The molecule has 0 saturated carbocycles. The maximum atomic E-state index is 14.6. The standard InChI is InChI=1S/C10H14F4N2S/c1-8(2,3)9(11,5-15)6-4-16-7(17-6)10(12,13)14/h4H,5,15H2,1-3H3. The lowest BCUT2D eigenvalue weighted by Gasteiger charge is -2.35. The highest BCUT2D eigenvalue weighted by Crippen LogP contribution is 2.46. The molecule has 1 heterocycles. The molecule has 0 aromatic carbocycles. The minimum Gasteiger partial charge on any atom is -0.327 e. The SMILES string of the molecule is CC(C)(C)C(F)(CN)c1cnc(C(F)(F)F)s1. The third-order valence-electron chi connectivity index (χ3n) is 2.61. The number of halogens is 4. The molecule has 0 spiro atoms. The molecule has 1 aromatic heterocycles. The van der Waals surface area contributed by atoms with Gasteiger partial charge in [0, 0.05) is 18.2 Å². The van der Waals surface area contributed by atoms with E-state index >= 15 is 0 Å². The van der Waals surface area contributed by atoms with E-state index in [1.807, 2.05) is 0 Å². The van der Waals surface area contributed by atoms with Crippen molar-refractivity contribution in [3.63, 3.8) is 0 Å². The lowest BCUT2D eigenvalue weighted by atomic mass is 9.77. The molecule has 2 nitrogen and oxygen atoms in total. The van der Waals surface area contributed by atoms with Crippen molar-refractivity contribution in [1.29, 1.82) is 0 Å². The minimum absolute atomic E-state index is 0.0835. The Balaban J connectivity index is 3.20. The topological polar surface area (TPSA) is 38.9 Å². The first kappa shape index (κ1) is 14.4. The summed E-state index contributed by atoms with van der Waals surface area (Å²) in [5, 5.41) is -1.05. The fourth-order valence-electron chi connectivity index (χ4n) is 1.36. The zero-order chi connectivity index (χ0) is 13.5. The molecule has 0 radical (unpaired) electrons. The molecule has 1 aromatic rings. The van der Waals surface area contributed by atoms with E-state index < -0.39 is 22.3 Å². The summed E-state index contributed by atoms with van der Waals surface area (Å²) in [4.78, 5) is 3.13. The molecular formula is C10H14F4N2S. The number of hydrogen-bond acceptors (Lipinski definition) is 3. The van der Waals surface area contributed by atoms with Crippen LogP contribution in [0.1, 0.15) is 30.7 Å². The molecule has 1 rings (SSSR count). The summed E-state index contributed by atoms with van der Waals surface area (Å²) in [6.45, 7) is 4.39. The van der Waals surface area contributed by atoms with Crippen LogP contribution in [0.2, 0.25) is 0 Å².